The van der Waals surface area contributed by atoms with Crippen molar-refractivity contribution in [2.45, 2.75) is 52.2 Å². The lowest BCUT2D eigenvalue weighted by atomic mass is 10.1. The summed E-state index contributed by atoms with van der Waals surface area (Å²) < 4.78 is 13.8. The molecule has 1 fully saturated rings. The number of aryl methyl sites for hydroxylation is 1. The molecule has 0 saturated carbocycles. The minimum Gasteiger partial charge on any atom is -0.442 e. The molecule has 1 aliphatic heterocycles. The van der Waals surface area contributed by atoms with Crippen LogP contribution in [-0.4, -0.2) is 55.3 Å². The summed E-state index contributed by atoms with van der Waals surface area (Å²) >= 11 is 0. The van der Waals surface area contributed by atoms with Crippen molar-refractivity contribution in [2.75, 3.05) is 18.5 Å². The fourth-order valence-corrected chi connectivity index (χ4v) is 3.28. The predicted octanol–water partition coefficient (Wildman–Crippen LogP) is 3.28. The van der Waals surface area contributed by atoms with Crippen LogP contribution in [0.2, 0.25) is 0 Å². The van der Waals surface area contributed by atoms with E-state index < -0.39 is 11.7 Å². The van der Waals surface area contributed by atoms with Gasteiger partial charge in [-0.25, -0.2) is 9.31 Å². The van der Waals surface area contributed by atoms with Crippen molar-refractivity contribution >= 4 is 17.7 Å². The van der Waals surface area contributed by atoms with Gasteiger partial charge in [0.15, 0.2) is 5.65 Å². The van der Waals surface area contributed by atoms with Crippen molar-refractivity contribution in [1.29, 1.82) is 0 Å². The molecule has 9 heteroatoms. The molecule has 4 rings (SSSR count). The fourth-order valence-electron chi connectivity index (χ4n) is 3.28. The van der Waals surface area contributed by atoms with Crippen LogP contribution in [0.5, 0.6) is 0 Å². The molecule has 0 amide bonds. The molecule has 9 nitrogen and oxygen atoms in total. The number of ether oxygens (including phenoxy) is 2. The summed E-state index contributed by atoms with van der Waals surface area (Å²) in [7, 11) is 0. The Bertz CT molecular complexity index is 1030. The minimum atomic E-state index is -0.578. The SMILES string of the molecule is Cc1nn(C(=O)OC(C)(C)C)cc1-c1ccn2nc(NC3CCOCC3)nc2c1. The first-order valence-corrected chi connectivity index (χ1v) is 9.79. The number of nitrogens with zero attached hydrogens (tertiary/aromatic N) is 5. The standard InChI is InChI=1S/C20H26N6O3/c1-13-16(12-26(23-13)19(27)29-20(2,3)4)14-5-8-25-17(11-14)22-18(24-25)21-15-6-9-28-10-7-15/h5,8,11-12,15H,6-7,9-10H2,1-4H3,(H,21,24). The Balaban J connectivity index is 1.57. The zero-order chi connectivity index (χ0) is 20.6. The highest BCUT2D eigenvalue weighted by Crippen LogP contribution is 2.24. The van der Waals surface area contributed by atoms with E-state index in [2.05, 4.69) is 20.5 Å². The molecule has 1 saturated heterocycles. The largest absolute Gasteiger partial charge is 0.442 e. The summed E-state index contributed by atoms with van der Waals surface area (Å²) in [4.78, 5) is 16.9. The number of hydrogen-bond acceptors (Lipinski definition) is 7. The highest BCUT2D eigenvalue weighted by molar-refractivity contribution is 5.75. The Hall–Kier alpha value is -2.94. The first kappa shape index (κ1) is 19.4. The van der Waals surface area contributed by atoms with E-state index >= 15 is 0 Å². The van der Waals surface area contributed by atoms with Crippen LogP contribution in [0.1, 0.15) is 39.3 Å². The van der Waals surface area contributed by atoms with Crippen LogP contribution in [-0.2, 0) is 9.47 Å². The van der Waals surface area contributed by atoms with Crippen molar-refractivity contribution in [3.8, 4) is 11.1 Å². The van der Waals surface area contributed by atoms with Crippen LogP contribution in [0.3, 0.4) is 0 Å². The first-order chi connectivity index (χ1) is 13.8. The zero-order valence-electron chi connectivity index (χ0n) is 17.2. The molecule has 0 spiro atoms. The minimum absolute atomic E-state index is 0.329. The van der Waals surface area contributed by atoms with Crippen molar-refractivity contribution in [1.82, 2.24) is 24.4 Å². The van der Waals surface area contributed by atoms with Crippen LogP contribution in [0.15, 0.2) is 24.5 Å². The molecular weight excluding hydrogens is 372 g/mol. The van der Waals surface area contributed by atoms with Gasteiger partial charge in [-0.2, -0.15) is 14.8 Å². The van der Waals surface area contributed by atoms with E-state index in [-0.39, 0.29) is 0 Å². The number of carbonyl (C=O) groups excluding carboxylic acids is 1. The Morgan fingerprint density at radius 3 is 2.76 bits per heavy atom. The Morgan fingerprint density at radius 1 is 1.28 bits per heavy atom. The molecule has 0 bridgehead atoms. The summed E-state index contributed by atoms with van der Waals surface area (Å²) in [6.45, 7) is 8.86. The van der Waals surface area contributed by atoms with Gasteiger partial charge in [0.05, 0.1) is 5.69 Å². The fraction of sp³-hybridized carbons (Fsp3) is 0.500. The molecule has 1 N–H and O–H groups in total. The van der Waals surface area contributed by atoms with Crippen molar-refractivity contribution < 1.29 is 14.3 Å². The molecule has 1 aliphatic rings. The van der Waals surface area contributed by atoms with E-state index in [0.29, 0.717) is 12.0 Å². The second kappa shape index (κ2) is 7.47. The van der Waals surface area contributed by atoms with E-state index in [9.17, 15) is 4.79 Å². The molecule has 4 heterocycles. The lowest BCUT2D eigenvalue weighted by Crippen LogP contribution is -2.28. The number of aromatic nitrogens is 5. The van der Waals surface area contributed by atoms with Crippen molar-refractivity contribution in [3.63, 3.8) is 0 Å². The molecular formula is C20H26N6O3. The molecule has 3 aromatic heterocycles. The van der Waals surface area contributed by atoms with E-state index in [1.54, 1.807) is 10.7 Å². The predicted molar refractivity (Wildman–Crippen MR) is 108 cm³/mol. The molecule has 0 atom stereocenters. The maximum absolute atomic E-state index is 12.3. The van der Waals surface area contributed by atoms with Crippen LogP contribution in [0, 0.1) is 6.92 Å². The van der Waals surface area contributed by atoms with Crippen LogP contribution >= 0.6 is 0 Å². The number of carbonyl (C=O) groups is 1. The number of rotatable bonds is 3. The molecule has 29 heavy (non-hydrogen) atoms. The molecule has 0 aliphatic carbocycles. The Kier molecular flexibility index (Phi) is 4.99. The molecule has 0 unspecified atom stereocenters. The summed E-state index contributed by atoms with van der Waals surface area (Å²) in [6, 6.07) is 4.20. The average Bonchev–Trinajstić information content (AvgIpc) is 3.23. The average molecular weight is 398 g/mol. The smallest absolute Gasteiger partial charge is 0.435 e. The molecule has 3 aromatic rings. The maximum Gasteiger partial charge on any atom is 0.435 e. The van der Waals surface area contributed by atoms with Crippen molar-refractivity contribution in [2.24, 2.45) is 0 Å². The lowest BCUT2D eigenvalue weighted by molar-refractivity contribution is 0.0514. The van der Waals surface area contributed by atoms with Gasteiger partial charge in [0.25, 0.3) is 0 Å². The van der Waals surface area contributed by atoms with Gasteiger partial charge in [-0.3, -0.25) is 0 Å². The summed E-state index contributed by atoms with van der Waals surface area (Å²) in [6.07, 6.45) is 4.94. The third kappa shape index (κ3) is 4.40. The Morgan fingerprint density at radius 2 is 2.03 bits per heavy atom. The quantitative estimate of drug-likeness (QED) is 0.723. The highest BCUT2D eigenvalue weighted by atomic mass is 16.6. The van der Waals surface area contributed by atoms with Gasteiger partial charge in [0, 0.05) is 37.2 Å². The van der Waals surface area contributed by atoms with Crippen LogP contribution in [0.4, 0.5) is 10.7 Å². The normalized spacial score (nSPS) is 15.6. The van der Waals surface area contributed by atoms with E-state index in [4.69, 9.17) is 9.47 Å². The lowest BCUT2D eigenvalue weighted by Gasteiger charge is -2.22. The highest BCUT2D eigenvalue weighted by Gasteiger charge is 2.20. The number of anilines is 1. The third-order valence-corrected chi connectivity index (χ3v) is 4.68. The first-order valence-electron chi connectivity index (χ1n) is 9.79. The number of pyridine rings is 1. The molecule has 154 valence electrons. The summed E-state index contributed by atoms with van der Waals surface area (Å²) in [5.74, 6) is 0.607. The van der Waals surface area contributed by atoms with Gasteiger partial charge in [-0.05, 0) is 58.2 Å². The van der Waals surface area contributed by atoms with Gasteiger partial charge < -0.3 is 14.8 Å². The van der Waals surface area contributed by atoms with Crippen LogP contribution < -0.4 is 5.32 Å². The van der Waals surface area contributed by atoms with E-state index in [1.807, 2.05) is 46.0 Å². The number of hydrogen-bond donors (Lipinski definition) is 1. The van der Waals surface area contributed by atoms with Crippen molar-refractivity contribution in [3.05, 3.63) is 30.2 Å². The van der Waals surface area contributed by atoms with E-state index in [1.165, 1.54) is 4.68 Å². The summed E-state index contributed by atoms with van der Waals surface area (Å²) in [5.41, 5.74) is 2.64. The molecule has 0 aromatic carbocycles. The number of fused-ring (bicyclic) bond motifs is 1. The maximum atomic E-state index is 12.3. The molecule has 0 radical (unpaired) electrons. The van der Waals surface area contributed by atoms with Crippen LogP contribution in [0.25, 0.3) is 16.8 Å². The zero-order valence-corrected chi connectivity index (χ0v) is 17.2. The van der Waals surface area contributed by atoms with E-state index in [0.717, 1.165) is 48.5 Å². The number of nitrogens with one attached hydrogen (secondary N) is 1. The van der Waals surface area contributed by atoms with Gasteiger partial charge in [0.2, 0.25) is 5.95 Å². The Labute approximate surface area is 169 Å². The second-order valence-electron chi connectivity index (χ2n) is 8.24. The van der Waals surface area contributed by atoms with Gasteiger partial charge in [0.1, 0.15) is 5.60 Å². The second-order valence-corrected chi connectivity index (χ2v) is 8.24. The van der Waals surface area contributed by atoms with Gasteiger partial charge >= 0.3 is 6.09 Å². The topological polar surface area (TPSA) is 95.6 Å². The third-order valence-electron chi connectivity index (χ3n) is 4.68. The van der Waals surface area contributed by atoms with Gasteiger partial charge in [-0.1, -0.05) is 0 Å². The summed E-state index contributed by atoms with van der Waals surface area (Å²) in [5, 5.41) is 12.2. The monoisotopic (exact) mass is 398 g/mol. The van der Waals surface area contributed by atoms with Gasteiger partial charge in [-0.15, -0.1) is 5.10 Å².